The third kappa shape index (κ3) is 18.6. The Morgan fingerprint density at radius 2 is 0.857 bits per heavy atom. The molecular formula is C36H43F6O4PS2. The van der Waals surface area contributed by atoms with Crippen molar-refractivity contribution in [2.24, 2.45) is 0 Å². The maximum absolute atomic E-state index is 10.7. The summed E-state index contributed by atoms with van der Waals surface area (Å²) in [4.78, 5) is 6.21. The molecule has 270 valence electrons. The second-order valence-electron chi connectivity index (χ2n) is 10.7. The molecule has 0 saturated carbocycles. The molecule has 0 unspecified atom stereocenters. The molecule has 0 spiro atoms. The Labute approximate surface area is 292 Å². The van der Waals surface area contributed by atoms with Crippen LogP contribution in [0, 0.1) is 0 Å². The van der Waals surface area contributed by atoms with Gasteiger partial charge in [0, 0.05) is 23.0 Å². The molecule has 13 heteroatoms. The van der Waals surface area contributed by atoms with Gasteiger partial charge in [0.1, 0.15) is 24.7 Å². The summed E-state index contributed by atoms with van der Waals surface area (Å²) in [6, 6.07) is 36.4. The molecule has 0 N–H and O–H groups in total. The van der Waals surface area contributed by atoms with Gasteiger partial charge in [-0.05, 0) is 97.8 Å². The first kappa shape index (κ1) is 40.5. The van der Waals surface area contributed by atoms with E-state index < -0.39 is 7.81 Å². The summed E-state index contributed by atoms with van der Waals surface area (Å²) in [5, 5.41) is 0. The van der Waals surface area contributed by atoms with Crippen LogP contribution in [0.4, 0.5) is 25.2 Å². The van der Waals surface area contributed by atoms with Crippen LogP contribution in [0.25, 0.3) is 0 Å². The van der Waals surface area contributed by atoms with Crippen LogP contribution in [0.1, 0.15) is 39.5 Å². The summed E-state index contributed by atoms with van der Waals surface area (Å²) in [6.07, 6.45) is 4.46. The summed E-state index contributed by atoms with van der Waals surface area (Å²) in [6.45, 7) is 8.25. The van der Waals surface area contributed by atoms with Gasteiger partial charge in [0.05, 0.1) is 24.1 Å². The van der Waals surface area contributed by atoms with Crippen LogP contribution in [-0.2, 0) is 20.4 Å². The van der Waals surface area contributed by atoms with E-state index in [9.17, 15) is 25.2 Å². The molecule has 0 saturated heterocycles. The number of rotatable bonds is 19. The van der Waals surface area contributed by atoms with Gasteiger partial charge >= 0.3 is 33.0 Å². The molecule has 0 aliphatic carbocycles. The van der Waals surface area contributed by atoms with E-state index in [1.165, 1.54) is 24.5 Å². The average molecular weight is 749 g/mol. The molecule has 0 aromatic heterocycles. The molecule has 4 nitrogen and oxygen atoms in total. The molecular weight excluding hydrogens is 705 g/mol. The van der Waals surface area contributed by atoms with E-state index >= 15 is 0 Å². The van der Waals surface area contributed by atoms with Gasteiger partial charge in [-0.2, -0.15) is 0 Å². The monoisotopic (exact) mass is 748 g/mol. The van der Waals surface area contributed by atoms with Gasteiger partial charge in [-0.3, -0.25) is 0 Å². The van der Waals surface area contributed by atoms with Crippen molar-refractivity contribution in [2.45, 2.75) is 64.0 Å². The van der Waals surface area contributed by atoms with Gasteiger partial charge in [0.2, 0.25) is 0 Å². The first-order valence-corrected chi connectivity index (χ1v) is 20.0. The fourth-order valence-electron chi connectivity index (χ4n) is 4.15. The minimum absolute atomic E-state index is 0.278. The van der Waals surface area contributed by atoms with Crippen molar-refractivity contribution < 1.29 is 44.1 Å². The Balaban J connectivity index is 0.000000838. The van der Waals surface area contributed by atoms with E-state index in [0.29, 0.717) is 26.4 Å². The minimum atomic E-state index is -10.7. The fraction of sp³-hybridized carbons (Fsp3) is 0.333. The number of ether oxygens (including phenoxy) is 4. The van der Waals surface area contributed by atoms with E-state index in [1.807, 2.05) is 6.07 Å². The number of hydrogen-bond acceptors (Lipinski definition) is 5. The van der Waals surface area contributed by atoms with Crippen LogP contribution in [0.2, 0.25) is 0 Å². The zero-order chi connectivity index (χ0) is 35.7. The van der Waals surface area contributed by atoms with Gasteiger partial charge in [0.25, 0.3) is 0 Å². The van der Waals surface area contributed by atoms with E-state index in [1.54, 1.807) is 11.8 Å². The van der Waals surface area contributed by atoms with Crippen LogP contribution in [0.5, 0.6) is 11.5 Å². The van der Waals surface area contributed by atoms with Gasteiger partial charge in [-0.1, -0.05) is 56.7 Å². The summed E-state index contributed by atoms with van der Waals surface area (Å²) >= 11 is 1.78. The molecule has 4 aromatic rings. The molecule has 0 fully saturated rings. The first-order chi connectivity index (χ1) is 23.2. The van der Waals surface area contributed by atoms with Crippen molar-refractivity contribution in [2.75, 3.05) is 39.6 Å². The second-order valence-corrected chi connectivity index (χ2v) is 15.8. The van der Waals surface area contributed by atoms with Gasteiger partial charge in [-0.15, -0.1) is 0 Å². The molecule has 0 heterocycles. The summed E-state index contributed by atoms with van der Waals surface area (Å²) in [5.74, 6) is 1.72. The molecule has 0 aliphatic rings. The van der Waals surface area contributed by atoms with E-state index in [4.69, 9.17) is 18.9 Å². The Morgan fingerprint density at radius 3 is 1.24 bits per heavy atom. The van der Waals surface area contributed by atoms with Crippen LogP contribution in [0.15, 0.2) is 128 Å². The topological polar surface area (TPSA) is 36.9 Å². The SMILES string of the molecule is CCCCOCCOc1ccc([S+](c2ccc(OCCOCCCC)cc2)c2ccc(Sc3ccccc3)cc2)cc1.F[P-](F)(F)(F)(F)F. The van der Waals surface area contributed by atoms with Crippen LogP contribution >= 0.6 is 19.6 Å². The molecule has 0 atom stereocenters. The van der Waals surface area contributed by atoms with Crippen molar-refractivity contribution in [1.29, 1.82) is 0 Å². The van der Waals surface area contributed by atoms with E-state index in [2.05, 4.69) is 111 Å². The third-order valence-corrected chi connectivity index (χ3v) is 9.68. The third-order valence-electron chi connectivity index (χ3n) is 6.43. The Morgan fingerprint density at radius 1 is 0.490 bits per heavy atom. The normalized spacial score (nSPS) is 12.8. The van der Waals surface area contributed by atoms with Crippen molar-refractivity contribution in [3.63, 3.8) is 0 Å². The zero-order valence-corrected chi connectivity index (χ0v) is 30.1. The van der Waals surface area contributed by atoms with Crippen molar-refractivity contribution >= 4 is 30.5 Å². The fourth-order valence-corrected chi connectivity index (χ4v) is 7.03. The first-order valence-electron chi connectivity index (χ1n) is 16.0. The standard InChI is InChI=1S/C36H43O4S2.F6P/c1-3-5-24-37-26-28-39-30-12-18-34(19-13-30)42(35-20-14-31(15-21-35)40-29-27-38-25-6-4-2)36-22-16-33(17-23-36)41-32-10-8-7-9-11-32;1-7(2,3,4,5)6/h7-23H,3-6,24-29H2,1-2H3;/q+1;-1. The summed E-state index contributed by atoms with van der Waals surface area (Å²) in [7, 11) is -10.9. The van der Waals surface area contributed by atoms with Gasteiger partial charge in [0.15, 0.2) is 14.7 Å². The Bertz CT molecular complexity index is 1420. The van der Waals surface area contributed by atoms with Crippen LogP contribution in [-0.4, -0.2) is 39.6 Å². The molecule has 4 rings (SSSR count). The molecule has 0 radical (unpaired) electrons. The predicted molar refractivity (Wildman–Crippen MR) is 188 cm³/mol. The van der Waals surface area contributed by atoms with Crippen LogP contribution < -0.4 is 9.47 Å². The predicted octanol–water partition coefficient (Wildman–Crippen LogP) is 12.7. The van der Waals surface area contributed by atoms with Gasteiger partial charge in [-0.25, -0.2) is 0 Å². The Kier molecular flexibility index (Phi) is 15.7. The van der Waals surface area contributed by atoms with Crippen LogP contribution in [0.3, 0.4) is 0 Å². The van der Waals surface area contributed by atoms with Crippen molar-refractivity contribution in [1.82, 2.24) is 0 Å². The number of benzene rings is 4. The molecule has 0 amide bonds. The van der Waals surface area contributed by atoms with Crippen molar-refractivity contribution in [3.8, 4) is 11.5 Å². The molecule has 4 aromatic carbocycles. The number of halogens is 6. The van der Waals surface area contributed by atoms with E-state index in [0.717, 1.165) is 50.4 Å². The maximum atomic E-state index is 9.87. The van der Waals surface area contributed by atoms with Crippen molar-refractivity contribution in [3.05, 3.63) is 103 Å². The molecule has 0 bridgehead atoms. The van der Waals surface area contributed by atoms with E-state index in [-0.39, 0.29) is 10.9 Å². The van der Waals surface area contributed by atoms with Gasteiger partial charge < -0.3 is 18.9 Å². The number of unbranched alkanes of at least 4 members (excludes halogenated alkanes) is 2. The summed E-state index contributed by atoms with van der Waals surface area (Å²) in [5.41, 5.74) is 0. The average Bonchev–Trinajstić information content (AvgIpc) is 3.06. The Hall–Kier alpha value is -2.89. The quantitative estimate of drug-likeness (QED) is 0.0413. The molecule has 0 aliphatic heterocycles. The molecule has 49 heavy (non-hydrogen) atoms. The summed E-state index contributed by atoms with van der Waals surface area (Å²) < 4.78 is 82.3. The zero-order valence-electron chi connectivity index (χ0n) is 27.6. The number of hydrogen-bond donors (Lipinski definition) is 0. The second kappa shape index (κ2) is 18.9.